The summed E-state index contributed by atoms with van der Waals surface area (Å²) in [6, 6.07) is 12.9. The number of rotatable bonds is 7. The Morgan fingerprint density at radius 3 is 2.56 bits per heavy atom. The number of carbonyl (C=O) groups is 1. The monoisotopic (exact) mass is 434 g/mol. The van der Waals surface area contributed by atoms with E-state index >= 15 is 0 Å². The van der Waals surface area contributed by atoms with Crippen LogP contribution in [0.5, 0.6) is 0 Å². The maximum Gasteiger partial charge on any atom is 0.225 e. The molecule has 6 nitrogen and oxygen atoms in total. The van der Waals surface area contributed by atoms with Gasteiger partial charge in [0.1, 0.15) is 11.9 Å². The Labute approximate surface area is 191 Å². The van der Waals surface area contributed by atoms with Gasteiger partial charge in [-0.1, -0.05) is 45.0 Å². The first-order valence-corrected chi connectivity index (χ1v) is 11.5. The van der Waals surface area contributed by atoms with E-state index in [4.69, 9.17) is 9.72 Å². The first-order valence-electron chi connectivity index (χ1n) is 11.5. The molecule has 2 aromatic rings. The first-order chi connectivity index (χ1) is 15.4. The zero-order valence-electron chi connectivity index (χ0n) is 19.9. The molecule has 2 heterocycles. The second kappa shape index (κ2) is 10.6. The van der Waals surface area contributed by atoms with Gasteiger partial charge in [-0.25, -0.2) is 4.98 Å². The van der Waals surface area contributed by atoms with E-state index in [-0.39, 0.29) is 17.9 Å². The predicted molar refractivity (Wildman–Crippen MR) is 128 cm³/mol. The fourth-order valence-corrected chi connectivity index (χ4v) is 4.29. The summed E-state index contributed by atoms with van der Waals surface area (Å²) in [6.07, 6.45) is 1.39. The third-order valence-corrected chi connectivity index (χ3v) is 6.14. The van der Waals surface area contributed by atoms with E-state index in [0.29, 0.717) is 38.2 Å². The van der Waals surface area contributed by atoms with Crippen LogP contribution in [0.1, 0.15) is 56.9 Å². The van der Waals surface area contributed by atoms with Crippen LogP contribution in [0.15, 0.2) is 30.3 Å². The number of aryl methyl sites for hydroxylation is 1. The van der Waals surface area contributed by atoms with E-state index in [0.717, 1.165) is 29.1 Å². The minimum Gasteiger partial charge on any atom is -0.384 e. The van der Waals surface area contributed by atoms with Crippen molar-refractivity contribution < 1.29 is 9.53 Å². The number of amides is 1. The van der Waals surface area contributed by atoms with Crippen LogP contribution in [-0.4, -0.2) is 55.2 Å². The van der Waals surface area contributed by atoms with Crippen LogP contribution in [-0.2, 0) is 16.0 Å². The lowest BCUT2D eigenvalue weighted by Gasteiger charge is -2.41. The van der Waals surface area contributed by atoms with Crippen molar-refractivity contribution in [2.45, 2.75) is 52.5 Å². The molecule has 0 saturated carbocycles. The van der Waals surface area contributed by atoms with Crippen LogP contribution >= 0.6 is 0 Å². The number of hydrogen-bond acceptors (Lipinski definition) is 5. The Morgan fingerprint density at radius 1 is 1.28 bits per heavy atom. The number of piperazine rings is 1. The van der Waals surface area contributed by atoms with Crippen LogP contribution in [0.4, 0.5) is 5.82 Å². The number of methoxy groups -OCH3 is 1. The van der Waals surface area contributed by atoms with Gasteiger partial charge in [0.15, 0.2) is 0 Å². The van der Waals surface area contributed by atoms with Crippen molar-refractivity contribution in [3.8, 4) is 17.2 Å². The van der Waals surface area contributed by atoms with E-state index in [1.807, 2.05) is 11.0 Å². The van der Waals surface area contributed by atoms with Crippen LogP contribution in [0.25, 0.3) is 11.1 Å². The van der Waals surface area contributed by atoms with Crippen molar-refractivity contribution in [3.63, 3.8) is 0 Å². The molecule has 6 heteroatoms. The number of benzene rings is 1. The number of carbonyl (C=O) groups excluding carboxylic acids is 1. The number of aromatic nitrogens is 1. The normalized spacial score (nSPS) is 16.3. The minimum atomic E-state index is 0.0465. The third-order valence-electron chi connectivity index (χ3n) is 6.14. The van der Waals surface area contributed by atoms with Crippen molar-refractivity contribution in [3.05, 3.63) is 47.2 Å². The highest BCUT2D eigenvalue weighted by Crippen LogP contribution is 2.33. The summed E-state index contributed by atoms with van der Waals surface area (Å²) in [5.41, 5.74) is 4.97. The van der Waals surface area contributed by atoms with E-state index in [2.05, 4.69) is 62.9 Å². The average Bonchev–Trinajstić information content (AvgIpc) is 2.81. The zero-order chi connectivity index (χ0) is 23.3. The summed E-state index contributed by atoms with van der Waals surface area (Å²) < 4.78 is 5.05. The van der Waals surface area contributed by atoms with Gasteiger partial charge in [-0.05, 0) is 36.5 Å². The largest absolute Gasteiger partial charge is 0.384 e. The smallest absolute Gasteiger partial charge is 0.225 e. The molecule has 1 aliphatic heterocycles. The molecule has 1 aromatic heterocycles. The molecular weight excluding hydrogens is 400 g/mol. The highest BCUT2D eigenvalue weighted by Gasteiger charge is 2.29. The molecule has 1 saturated heterocycles. The van der Waals surface area contributed by atoms with Crippen LogP contribution < -0.4 is 4.90 Å². The summed E-state index contributed by atoms with van der Waals surface area (Å²) in [7, 11) is 1.61. The number of nitrogens with zero attached hydrogens (tertiary/aromatic N) is 4. The number of anilines is 1. The Bertz CT molecular complexity index is 979. The van der Waals surface area contributed by atoms with E-state index in [1.165, 1.54) is 5.56 Å². The second-order valence-electron chi connectivity index (χ2n) is 8.73. The second-order valence-corrected chi connectivity index (χ2v) is 8.73. The van der Waals surface area contributed by atoms with E-state index in [1.54, 1.807) is 7.11 Å². The van der Waals surface area contributed by atoms with Gasteiger partial charge >= 0.3 is 0 Å². The van der Waals surface area contributed by atoms with E-state index in [9.17, 15) is 10.1 Å². The molecular formula is C26H34N4O2. The highest BCUT2D eigenvalue weighted by molar-refractivity contribution is 5.77. The summed E-state index contributed by atoms with van der Waals surface area (Å²) >= 11 is 0. The number of pyridine rings is 1. The summed E-state index contributed by atoms with van der Waals surface area (Å²) in [4.78, 5) is 21.6. The van der Waals surface area contributed by atoms with Gasteiger partial charge in [-0.2, -0.15) is 5.26 Å². The molecule has 0 radical (unpaired) electrons. The first kappa shape index (κ1) is 23.7. The number of hydrogen-bond donors (Lipinski definition) is 0. The van der Waals surface area contributed by atoms with Gasteiger partial charge in [-0.15, -0.1) is 0 Å². The highest BCUT2D eigenvalue weighted by atomic mass is 16.5. The summed E-state index contributed by atoms with van der Waals surface area (Å²) in [5, 5.41) is 9.94. The van der Waals surface area contributed by atoms with E-state index < -0.39 is 0 Å². The lowest BCUT2D eigenvalue weighted by molar-refractivity contribution is -0.134. The van der Waals surface area contributed by atoms with Gasteiger partial charge < -0.3 is 14.5 Å². The van der Waals surface area contributed by atoms with Crippen molar-refractivity contribution in [1.82, 2.24) is 9.88 Å². The van der Waals surface area contributed by atoms with Crippen molar-refractivity contribution in [2.75, 3.05) is 38.3 Å². The Morgan fingerprint density at radius 2 is 2.00 bits per heavy atom. The molecule has 0 spiro atoms. The Hall–Kier alpha value is -2.91. The molecule has 0 N–H and O–H groups in total. The molecule has 1 atom stereocenters. The molecule has 1 aliphatic rings. The van der Waals surface area contributed by atoms with Gasteiger partial charge in [0.05, 0.1) is 24.3 Å². The molecule has 1 amide bonds. The summed E-state index contributed by atoms with van der Waals surface area (Å²) in [5.74, 6) is 1.05. The molecule has 170 valence electrons. The van der Waals surface area contributed by atoms with Gasteiger partial charge in [0.25, 0.3) is 0 Å². The lowest BCUT2D eigenvalue weighted by Crippen LogP contribution is -2.54. The fraction of sp³-hybridized carbons (Fsp3) is 0.500. The third kappa shape index (κ3) is 5.11. The zero-order valence-corrected chi connectivity index (χ0v) is 19.9. The van der Waals surface area contributed by atoms with Crippen LogP contribution in [0, 0.1) is 11.3 Å². The topological polar surface area (TPSA) is 69.5 Å². The molecule has 32 heavy (non-hydrogen) atoms. The molecule has 1 fully saturated rings. The number of ether oxygens (including phenoxy) is 1. The van der Waals surface area contributed by atoms with Crippen LogP contribution in [0.2, 0.25) is 0 Å². The standard InChI is InChI=1S/C26H34N4O2/c1-6-20-7-9-21(10-8-20)23-15-22(16-27)26(28-25(23)18(2)3)29-12-13-30(19(4)17-29)24(31)11-14-32-5/h7-10,15,18-19H,6,11-14,17H2,1-5H3/t19-/m1/s1. The lowest BCUT2D eigenvalue weighted by atomic mass is 9.95. The van der Waals surface area contributed by atoms with Crippen molar-refractivity contribution >= 4 is 11.7 Å². The Kier molecular flexibility index (Phi) is 7.87. The maximum atomic E-state index is 12.5. The average molecular weight is 435 g/mol. The number of nitriles is 1. The molecule has 0 unspecified atom stereocenters. The molecule has 0 aliphatic carbocycles. The van der Waals surface area contributed by atoms with Crippen molar-refractivity contribution in [2.24, 2.45) is 0 Å². The molecule has 1 aromatic carbocycles. The van der Waals surface area contributed by atoms with Gasteiger partial charge in [0, 0.05) is 38.3 Å². The molecule has 3 rings (SSSR count). The van der Waals surface area contributed by atoms with Crippen LogP contribution in [0.3, 0.4) is 0 Å². The fourth-order valence-electron chi connectivity index (χ4n) is 4.29. The van der Waals surface area contributed by atoms with Gasteiger partial charge in [-0.3, -0.25) is 4.79 Å². The Balaban J connectivity index is 1.91. The maximum absolute atomic E-state index is 12.5. The molecule has 0 bridgehead atoms. The van der Waals surface area contributed by atoms with Crippen molar-refractivity contribution in [1.29, 1.82) is 5.26 Å². The predicted octanol–water partition coefficient (Wildman–Crippen LogP) is 4.38. The minimum absolute atomic E-state index is 0.0465. The van der Waals surface area contributed by atoms with Gasteiger partial charge in [0.2, 0.25) is 5.91 Å². The SMILES string of the molecule is CCc1ccc(-c2cc(C#N)c(N3CCN(C(=O)CCOC)[C@H](C)C3)nc2C(C)C)cc1. The summed E-state index contributed by atoms with van der Waals surface area (Å²) in [6.45, 7) is 10.8. The quantitative estimate of drug-likeness (QED) is 0.647.